The van der Waals surface area contributed by atoms with E-state index in [0.717, 1.165) is 22.3 Å². The number of phenols is 1. The van der Waals surface area contributed by atoms with Crippen LogP contribution in [0.2, 0.25) is 0 Å². The van der Waals surface area contributed by atoms with E-state index in [1.54, 1.807) is 32.9 Å². The number of nitrogens with one attached hydrogen (secondary N) is 2. The fourth-order valence-corrected chi connectivity index (χ4v) is 3.37. The normalized spacial score (nSPS) is 12.9. The van der Waals surface area contributed by atoms with Gasteiger partial charge in [-0.25, -0.2) is 9.59 Å². The molecule has 2 aromatic carbocycles. The van der Waals surface area contributed by atoms with Gasteiger partial charge in [0.05, 0.1) is 0 Å². The van der Waals surface area contributed by atoms with E-state index < -0.39 is 35.7 Å². The van der Waals surface area contributed by atoms with Gasteiger partial charge in [-0.15, -0.1) is 0 Å². The maximum atomic E-state index is 13.0. The van der Waals surface area contributed by atoms with E-state index >= 15 is 0 Å². The second kappa shape index (κ2) is 11.5. The molecule has 0 fully saturated rings. The lowest BCUT2D eigenvalue weighted by Crippen LogP contribution is -2.52. The Hall–Kier alpha value is -3.55. The lowest BCUT2D eigenvalue weighted by molar-refractivity contribution is -0.149. The summed E-state index contributed by atoms with van der Waals surface area (Å²) < 4.78 is 10.7. The summed E-state index contributed by atoms with van der Waals surface area (Å²) in [4.78, 5) is 37.8. The molecule has 0 heterocycles. The van der Waals surface area contributed by atoms with E-state index in [1.807, 2.05) is 44.2 Å². The molecule has 184 valence electrons. The fraction of sp³-hybridized carbons (Fsp3) is 0.423. The van der Waals surface area contributed by atoms with Crippen LogP contribution in [0, 0.1) is 13.8 Å². The van der Waals surface area contributed by atoms with Gasteiger partial charge in [-0.3, -0.25) is 4.79 Å². The number of aromatic hydroxyl groups is 1. The SMILES string of the molecule is Cc1cc(O)cc(C)c1CC(NC(=O)C(C)NC(=O)OC(C)(C)C)C(=O)OCc1ccccc1. The van der Waals surface area contributed by atoms with Crippen molar-refractivity contribution in [3.63, 3.8) is 0 Å². The summed E-state index contributed by atoms with van der Waals surface area (Å²) in [5, 5.41) is 15.0. The fourth-order valence-electron chi connectivity index (χ4n) is 3.37. The molecule has 3 N–H and O–H groups in total. The minimum absolute atomic E-state index is 0.0608. The first-order valence-corrected chi connectivity index (χ1v) is 11.1. The molecule has 0 aromatic heterocycles. The van der Waals surface area contributed by atoms with Crippen molar-refractivity contribution in [2.75, 3.05) is 0 Å². The number of benzene rings is 2. The van der Waals surface area contributed by atoms with Crippen LogP contribution in [0.4, 0.5) is 4.79 Å². The minimum atomic E-state index is -0.999. The highest BCUT2D eigenvalue weighted by atomic mass is 16.6. The molecule has 8 nitrogen and oxygen atoms in total. The van der Waals surface area contributed by atoms with Crippen molar-refractivity contribution >= 4 is 18.0 Å². The van der Waals surface area contributed by atoms with Crippen LogP contribution in [0.3, 0.4) is 0 Å². The first-order valence-electron chi connectivity index (χ1n) is 11.1. The van der Waals surface area contributed by atoms with Gasteiger partial charge in [0, 0.05) is 6.42 Å². The molecule has 8 heteroatoms. The van der Waals surface area contributed by atoms with Gasteiger partial charge in [-0.1, -0.05) is 30.3 Å². The molecule has 2 amide bonds. The molecule has 2 unspecified atom stereocenters. The Kier molecular flexibility index (Phi) is 9.06. The van der Waals surface area contributed by atoms with Crippen molar-refractivity contribution in [3.05, 3.63) is 64.7 Å². The van der Waals surface area contributed by atoms with Crippen LogP contribution in [-0.2, 0) is 32.1 Å². The zero-order valence-corrected chi connectivity index (χ0v) is 20.6. The summed E-state index contributed by atoms with van der Waals surface area (Å²) in [5.74, 6) is -1.03. The van der Waals surface area contributed by atoms with Gasteiger partial charge in [-0.2, -0.15) is 0 Å². The molecular weight excluding hydrogens is 436 g/mol. The highest BCUT2D eigenvalue weighted by Crippen LogP contribution is 2.22. The third-order valence-corrected chi connectivity index (χ3v) is 5.04. The van der Waals surface area contributed by atoms with E-state index in [4.69, 9.17) is 9.47 Å². The molecule has 0 aliphatic carbocycles. The molecule has 0 aliphatic heterocycles. The van der Waals surface area contributed by atoms with Crippen LogP contribution in [0.5, 0.6) is 5.75 Å². The largest absolute Gasteiger partial charge is 0.508 e. The number of carbonyl (C=O) groups is 3. The Morgan fingerprint density at radius 3 is 2.15 bits per heavy atom. The number of hydrogen-bond acceptors (Lipinski definition) is 6. The molecule has 0 aliphatic rings. The average Bonchev–Trinajstić information content (AvgIpc) is 2.72. The van der Waals surface area contributed by atoms with Gasteiger partial charge >= 0.3 is 12.1 Å². The van der Waals surface area contributed by atoms with Gasteiger partial charge in [0.25, 0.3) is 0 Å². The number of phenolic OH excluding ortho intramolecular Hbond substituents is 1. The monoisotopic (exact) mass is 470 g/mol. The van der Waals surface area contributed by atoms with Crippen LogP contribution in [0.15, 0.2) is 42.5 Å². The summed E-state index contributed by atoms with van der Waals surface area (Å²) in [6, 6.07) is 10.5. The molecule has 0 saturated heterocycles. The number of ether oxygens (including phenoxy) is 2. The maximum absolute atomic E-state index is 13.0. The Balaban J connectivity index is 2.16. The lowest BCUT2D eigenvalue weighted by atomic mass is 9.95. The Morgan fingerprint density at radius 1 is 1.00 bits per heavy atom. The standard InChI is InChI=1S/C26H34N2O6/c1-16-12-20(29)13-17(2)21(16)14-22(24(31)33-15-19-10-8-7-9-11-19)28-23(30)18(3)27-25(32)34-26(4,5)6/h7-13,18,22,29H,14-15H2,1-6H3,(H,27,32)(H,28,30). The molecule has 34 heavy (non-hydrogen) atoms. The van der Waals surface area contributed by atoms with E-state index in [-0.39, 0.29) is 18.8 Å². The van der Waals surface area contributed by atoms with Crippen molar-refractivity contribution in [1.29, 1.82) is 0 Å². The third-order valence-electron chi connectivity index (χ3n) is 5.04. The van der Waals surface area contributed by atoms with E-state index in [2.05, 4.69) is 10.6 Å². The van der Waals surface area contributed by atoms with E-state index in [9.17, 15) is 19.5 Å². The minimum Gasteiger partial charge on any atom is -0.508 e. The molecule has 2 atom stereocenters. The van der Waals surface area contributed by atoms with Crippen LogP contribution >= 0.6 is 0 Å². The summed E-state index contributed by atoms with van der Waals surface area (Å²) in [6.07, 6.45) is -0.570. The second-order valence-corrected chi connectivity index (χ2v) is 9.28. The van der Waals surface area contributed by atoms with Crippen molar-refractivity contribution in [1.82, 2.24) is 10.6 Å². The van der Waals surface area contributed by atoms with Crippen molar-refractivity contribution in [2.24, 2.45) is 0 Å². The molecule has 0 radical (unpaired) electrons. The smallest absolute Gasteiger partial charge is 0.408 e. The summed E-state index contributed by atoms with van der Waals surface area (Å²) in [7, 11) is 0. The van der Waals surface area contributed by atoms with Gasteiger partial charge < -0.3 is 25.2 Å². The Morgan fingerprint density at radius 2 is 1.59 bits per heavy atom. The predicted molar refractivity (Wildman–Crippen MR) is 128 cm³/mol. The van der Waals surface area contributed by atoms with Crippen LogP contribution in [0.1, 0.15) is 49.9 Å². The first-order chi connectivity index (χ1) is 15.9. The predicted octanol–water partition coefficient (Wildman–Crippen LogP) is 3.69. The molecule has 0 saturated carbocycles. The highest BCUT2D eigenvalue weighted by molar-refractivity contribution is 5.89. The number of carbonyl (C=O) groups excluding carboxylic acids is 3. The number of amides is 2. The molecule has 2 aromatic rings. The Labute approximate surface area is 200 Å². The van der Waals surface area contributed by atoms with Gasteiger partial charge in [0.15, 0.2) is 0 Å². The number of alkyl carbamates (subject to hydrolysis) is 1. The van der Waals surface area contributed by atoms with Crippen molar-refractivity contribution < 1.29 is 29.0 Å². The quantitative estimate of drug-likeness (QED) is 0.507. The zero-order chi connectivity index (χ0) is 25.5. The molecular formula is C26H34N2O6. The van der Waals surface area contributed by atoms with Gasteiger partial charge in [0.1, 0.15) is 30.0 Å². The Bertz CT molecular complexity index is 991. The van der Waals surface area contributed by atoms with Crippen LogP contribution < -0.4 is 10.6 Å². The van der Waals surface area contributed by atoms with Crippen LogP contribution in [-0.4, -0.2) is 40.8 Å². The molecule has 0 bridgehead atoms. The first kappa shape index (κ1) is 26.7. The summed E-state index contributed by atoms with van der Waals surface area (Å²) >= 11 is 0. The summed E-state index contributed by atoms with van der Waals surface area (Å²) in [5.41, 5.74) is 2.49. The number of hydrogen-bond donors (Lipinski definition) is 3. The number of aryl methyl sites for hydroxylation is 2. The number of esters is 1. The average molecular weight is 471 g/mol. The number of rotatable bonds is 8. The van der Waals surface area contributed by atoms with Crippen LogP contribution in [0.25, 0.3) is 0 Å². The highest BCUT2D eigenvalue weighted by Gasteiger charge is 2.28. The van der Waals surface area contributed by atoms with Crippen molar-refractivity contribution in [3.8, 4) is 5.75 Å². The van der Waals surface area contributed by atoms with E-state index in [1.165, 1.54) is 6.92 Å². The zero-order valence-electron chi connectivity index (χ0n) is 20.6. The third kappa shape index (κ3) is 8.42. The topological polar surface area (TPSA) is 114 Å². The van der Waals surface area contributed by atoms with Crippen molar-refractivity contribution in [2.45, 2.75) is 72.3 Å². The van der Waals surface area contributed by atoms with E-state index in [0.29, 0.717) is 0 Å². The lowest BCUT2D eigenvalue weighted by Gasteiger charge is -2.24. The van der Waals surface area contributed by atoms with Gasteiger partial charge in [0.2, 0.25) is 5.91 Å². The summed E-state index contributed by atoms with van der Waals surface area (Å²) in [6.45, 7) is 10.4. The molecule has 2 rings (SSSR count). The second-order valence-electron chi connectivity index (χ2n) is 9.28. The van der Waals surface area contributed by atoms with Gasteiger partial charge in [-0.05, 0) is 75.9 Å². The maximum Gasteiger partial charge on any atom is 0.408 e. The molecule has 0 spiro atoms.